The number of halogens is 2. The predicted octanol–water partition coefficient (Wildman–Crippen LogP) is 3.05. The molecule has 10 heavy (non-hydrogen) atoms. The van der Waals surface area contributed by atoms with Crippen LogP contribution in [-0.4, -0.2) is 4.98 Å². The Bertz CT molecular complexity index is 242. The number of aromatic nitrogens is 1. The first-order valence-electron chi connectivity index (χ1n) is 2.66. The Morgan fingerprint density at radius 3 is 2.70 bits per heavy atom. The second-order valence-corrected chi connectivity index (χ2v) is 3.14. The third-order valence-corrected chi connectivity index (χ3v) is 1.67. The molecule has 0 atom stereocenters. The van der Waals surface area contributed by atoms with Crippen molar-refractivity contribution in [3.05, 3.63) is 35.1 Å². The van der Waals surface area contributed by atoms with Crippen LogP contribution in [0.15, 0.2) is 29.4 Å². The lowest BCUT2D eigenvalue weighted by atomic mass is 10.3. The predicted molar refractivity (Wildman–Crippen MR) is 46.8 cm³/mol. The fourth-order valence-electron chi connectivity index (χ4n) is 0.536. The van der Waals surface area contributed by atoms with E-state index < -0.39 is 0 Å². The van der Waals surface area contributed by atoms with Crippen LogP contribution in [0.5, 0.6) is 0 Å². The lowest BCUT2D eigenvalue weighted by Gasteiger charge is -1.94. The van der Waals surface area contributed by atoms with Gasteiger partial charge in [0.1, 0.15) is 0 Å². The van der Waals surface area contributed by atoms with E-state index in [2.05, 4.69) is 27.5 Å². The number of rotatable bonds is 1. The SMILES string of the molecule is C=C(Cl)c1ccc(Br)cn1. The molecule has 0 unspecified atom stereocenters. The zero-order chi connectivity index (χ0) is 7.56. The van der Waals surface area contributed by atoms with E-state index in [1.165, 1.54) is 0 Å². The van der Waals surface area contributed by atoms with E-state index in [1.54, 1.807) is 12.3 Å². The highest BCUT2D eigenvalue weighted by atomic mass is 79.9. The molecule has 1 rings (SSSR count). The molecule has 3 heteroatoms. The van der Waals surface area contributed by atoms with Gasteiger partial charge in [0.25, 0.3) is 0 Å². The first-order chi connectivity index (χ1) is 4.70. The molecule has 0 bridgehead atoms. The molecular weight excluding hydrogens is 213 g/mol. The summed E-state index contributed by atoms with van der Waals surface area (Å²) in [6.07, 6.45) is 1.68. The van der Waals surface area contributed by atoms with Crippen molar-refractivity contribution >= 4 is 32.6 Å². The van der Waals surface area contributed by atoms with E-state index in [0.29, 0.717) is 10.7 Å². The number of pyridine rings is 1. The molecule has 0 aliphatic rings. The van der Waals surface area contributed by atoms with Gasteiger partial charge in [-0.2, -0.15) is 0 Å². The van der Waals surface area contributed by atoms with Crippen LogP contribution in [0, 0.1) is 0 Å². The van der Waals surface area contributed by atoms with Crippen molar-refractivity contribution in [2.24, 2.45) is 0 Å². The standard InChI is InChI=1S/C7H5BrClN/c1-5(9)7-3-2-6(8)4-10-7/h2-4H,1H2. The van der Waals surface area contributed by atoms with Crippen molar-refractivity contribution < 1.29 is 0 Å². The molecule has 1 heterocycles. The van der Waals surface area contributed by atoms with Crippen molar-refractivity contribution in [2.75, 3.05) is 0 Å². The normalized spacial score (nSPS) is 9.40. The van der Waals surface area contributed by atoms with Gasteiger partial charge in [0.15, 0.2) is 0 Å². The Kier molecular flexibility index (Phi) is 2.46. The van der Waals surface area contributed by atoms with Crippen LogP contribution in [-0.2, 0) is 0 Å². The molecule has 0 N–H and O–H groups in total. The van der Waals surface area contributed by atoms with Crippen molar-refractivity contribution in [1.29, 1.82) is 0 Å². The summed E-state index contributed by atoms with van der Waals surface area (Å²) in [4.78, 5) is 4.00. The lowest BCUT2D eigenvalue weighted by Crippen LogP contribution is -1.80. The van der Waals surface area contributed by atoms with Crippen molar-refractivity contribution in [1.82, 2.24) is 4.98 Å². The zero-order valence-corrected chi connectivity index (χ0v) is 7.48. The van der Waals surface area contributed by atoms with Gasteiger partial charge in [-0.25, -0.2) is 0 Å². The summed E-state index contributed by atoms with van der Waals surface area (Å²) >= 11 is 8.84. The first-order valence-corrected chi connectivity index (χ1v) is 3.83. The largest absolute Gasteiger partial charge is 0.254 e. The van der Waals surface area contributed by atoms with Crippen LogP contribution in [0.1, 0.15) is 5.69 Å². The van der Waals surface area contributed by atoms with Gasteiger partial charge in [-0.05, 0) is 28.1 Å². The van der Waals surface area contributed by atoms with Crippen LogP contribution >= 0.6 is 27.5 Å². The number of hydrogen-bond acceptors (Lipinski definition) is 1. The van der Waals surface area contributed by atoms with Gasteiger partial charge in [0.2, 0.25) is 0 Å². The molecule has 0 spiro atoms. The van der Waals surface area contributed by atoms with E-state index in [4.69, 9.17) is 11.6 Å². The van der Waals surface area contributed by atoms with Gasteiger partial charge >= 0.3 is 0 Å². The van der Waals surface area contributed by atoms with Gasteiger partial charge in [0, 0.05) is 10.7 Å². The summed E-state index contributed by atoms with van der Waals surface area (Å²) < 4.78 is 0.939. The van der Waals surface area contributed by atoms with Gasteiger partial charge in [-0.15, -0.1) is 0 Å². The molecule has 1 aromatic rings. The molecule has 0 saturated carbocycles. The Hall–Kier alpha value is -0.340. The Morgan fingerprint density at radius 2 is 2.30 bits per heavy atom. The molecule has 0 amide bonds. The van der Waals surface area contributed by atoms with Gasteiger partial charge in [-0.3, -0.25) is 4.98 Å². The molecule has 1 aromatic heterocycles. The maximum Gasteiger partial charge on any atom is 0.0810 e. The van der Waals surface area contributed by atoms with Gasteiger partial charge in [-0.1, -0.05) is 18.2 Å². The average molecular weight is 218 g/mol. The lowest BCUT2D eigenvalue weighted by molar-refractivity contribution is 1.27. The highest BCUT2D eigenvalue weighted by Gasteiger charge is 1.94. The molecule has 0 saturated heterocycles. The topological polar surface area (TPSA) is 12.9 Å². The molecule has 0 radical (unpaired) electrons. The quantitative estimate of drug-likeness (QED) is 0.706. The Morgan fingerprint density at radius 1 is 1.60 bits per heavy atom. The summed E-state index contributed by atoms with van der Waals surface area (Å²) in [5.74, 6) is 0. The highest BCUT2D eigenvalue weighted by Crippen LogP contribution is 2.15. The Labute approximate surface area is 72.9 Å². The van der Waals surface area contributed by atoms with E-state index in [-0.39, 0.29) is 0 Å². The Balaban J connectivity index is 3.00. The molecular formula is C7H5BrClN. The minimum Gasteiger partial charge on any atom is -0.254 e. The monoisotopic (exact) mass is 217 g/mol. The van der Waals surface area contributed by atoms with Gasteiger partial charge in [0.05, 0.1) is 10.7 Å². The third kappa shape index (κ3) is 1.82. The summed E-state index contributed by atoms with van der Waals surface area (Å²) in [5.41, 5.74) is 0.713. The average Bonchev–Trinajstić information content (AvgIpc) is 1.88. The van der Waals surface area contributed by atoms with Gasteiger partial charge < -0.3 is 0 Å². The van der Waals surface area contributed by atoms with E-state index in [1.807, 2.05) is 6.07 Å². The third-order valence-electron chi connectivity index (χ3n) is 1.01. The van der Waals surface area contributed by atoms with Crippen LogP contribution < -0.4 is 0 Å². The maximum absolute atomic E-state index is 5.58. The summed E-state index contributed by atoms with van der Waals surface area (Å²) in [5, 5.41) is 0.465. The second-order valence-electron chi connectivity index (χ2n) is 1.77. The molecule has 0 aromatic carbocycles. The number of hydrogen-bond donors (Lipinski definition) is 0. The molecule has 0 aliphatic heterocycles. The zero-order valence-electron chi connectivity index (χ0n) is 5.14. The highest BCUT2D eigenvalue weighted by molar-refractivity contribution is 9.10. The van der Waals surface area contributed by atoms with Crippen molar-refractivity contribution in [3.63, 3.8) is 0 Å². The number of nitrogens with zero attached hydrogens (tertiary/aromatic N) is 1. The van der Waals surface area contributed by atoms with Crippen LogP contribution in [0.3, 0.4) is 0 Å². The molecule has 0 fully saturated rings. The first kappa shape index (κ1) is 7.76. The van der Waals surface area contributed by atoms with E-state index in [0.717, 1.165) is 4.47 Å². The summed E-state index contributed by atoms with van der Waals surface area (Å²) in [6.45, 7) is 3.54. The minimum atomic E-state index is 0.465. The van der Waals surface area contributed by atoms with Crippen LogP contribution in [0.2, 0.25) is 0 Å². The smallest absolute Gasteiger partial charge is 0.0810 e. The van der Waals surface area contributed by atoms with Crippen LogP contribution in [0.25, 0.3) is 5.03 Å². The molecule has 0 aliphatic carbocycles. The molecule has 1 nitrogen and oxygen atoms in total. The molecule has 52 valence electrons. The summed E-state index contributed by atoms with van der Waals surface area (Å²) in [7, 11) is 0. The summed E-state index contributed by atoms with van der Waals surface area (Å²) in [6, 6.07) is 3.68. The fraction of sp³-hybridized carbons (Fsp3) is 0. The second kappa shape index (κ2) is 3.17. The minimum absolute atomic E-state index is 0.465. The maximum atomic E-state index is 5.58. The van der Waals surface area contributed by atoms with E-state index in [9.17, 15) is 0 Å². The van der Waals surface area contributed by atoms with Crippen molar-refractivity contribution in [3.8, 4) is 0 Å². The van der Waals surface area contributed by atoms with Crippen LogP contribution in [0.4, 0.5) is 0 Å². The van der Waals surface area contributed by atoms with Crippen molar-refractivity contribution in [2.45, 2.75) is 0 Å². The fourth-order valence-corrected chi connectivity index (χ4v) is 0.883. The van der Waals surface area contributed by atoms with E-state index >= 15 is 0 Å².